The molecule has 31 heavy (non-hydrogen) atoms. The predicted molar refractivity (Wildman–Crippen MR) is 122 cm³/mol. The van der Waals surface area contributed by atoms with Crippen LogP contribution in [0, 0.1) is 11.3 Å². The number of nitriles is 1. The van der Waals surface area contributed by atoms with Gasteiger partial charge in [-0.2, -0.15) is 5.26 Å². The van der Waals surface area contributed by atoms with Crippen molar-refractivity contribution >= 4 is 38.9 Å². The number of halogens is 2. The van der Waals surface area contributed by atoms with Crippen molar-refractivity contribution in [2.45, 2.75) is 36.5 Å². The molecule has 0 saturated carbocycles. The van der Waals surface area contributed by atoms with Gasteiger partial charge in [-0.3, -0.25) is 0 Å². The molecular formula is C22H20Cl2N4O2S. The van der Waals surface area contributed by atoms with E-state index in [9.17, 15) is 13.7 Å². The van der Waals surface area contributed by atoms with Crippen molar-refractivity contribution in [3.63, 3.8) is 0 Å². The van der Waals surface area contributed by atoms with Crippen LogP contribution in [0.15, 0.2) is 70.0 Å². The second-order valence-corrected chi connectivity index (χ2v) is 9.95. The summed E-state index contributed by atoms with van der Waals surface area (Å²) < 4.78 is 23.2. The standard InChI is InChI=1S/C22H20Cl2N4O2S/c23-18-10-5-13(11-19(18)24)21-16-3-1-2-4-20(16)28(22(26)17(21)12-25)14-6-8-15(9-7-14)31(27,29)30/h5-11,21H,1-4,26H2,(H2,27,29,30). The molecule has 1 heterocycles. The molecule has 0 amide bonds. The van der Waals surface area contributed by atoms with E-state index in [0.29, 0.717) is 27.1 Å². The van der Waals surface area contributed by atoms with Crippen LogP contribution in [0.3, 0.4) is 0 Å². The Labute approximate surface area is 191 Å². The van der Waals surface area contributed by atoms with Crippen LogP contribution in [-0.4, -0.2) is 8.42 Å². The van der Waals surface area contributed by atoms with Crippen LogP contribution in [-0.2, 0) is 10.0 Å². The van der Waals surface area contributed by atoms with Gasteiger partial charge in [-0.05, 0) is 73.2 Å². The quantitative estimate of drug-likeness (QED) is 0.664. The lowest BCUT2D eigenvalue weighted by Gasteiger charge is -2.40. The Kier molecular flexibility index (Phi) is 5.75. The zero-order valence-electron chi connectivity index (χ0n) is 16.5. The van der Waals surface area contributed by atoms with Crippen LogP contribution in [0.1, 0.15) is 37.2 Å². The lowest BCUT2D eigenvalue weighted by molar-refractivity contribution is 0.597. The van der Waals surface area contributed by atoms with Crippen LogP contribution < -0.4 is 15.8 Å². The molecule has 4 N–H and O–H groups in total. The third-order valence-corrected chi connectivity index (χ3v) is 7.39. The summed E-state index contributed by atoms with van der Waals surface area (Å²) in [5.74, 6) is 0.0255. The Balaban J connectivity index is 1.88. The fourth-order valence-corrected chi connectivity index (χ4v) is 5.15. The Morgan fingerprint density at radius 1 is 1.03 bits per heavy atom. The molecule has 2 aromatic carbocycles. The first-order chi connectivity index (χ1) is 14.7. The number of primary sulfonamides is 1. The van der Waals surface area contributed by atoms with Crippen molar-refractivity contribution in [1.29, 1.82) is 5.26 Å². The molecule has 1 unspecified atom stereocenters. The fourth-order valence-electron chi connectivity index (χ4n) is 4.33. The van der Waals surface area contributed by atoms with Crippen molar-refractivity contribution < 1.29 is 8.42 Å². The molecule has 1 aliphatic heterocycles. The van der Waals surface area contributed by atoms with Gasteiger partial charge in [0.25, 0.3) is 0 Å². The van der Waals surface area contributed by atoms with E-state index < -0.39 is 10.0 Å². The SMILES string of the molecule is N#CC1=C(N)N(c2ccc(S(N)(=O)=O)cc2)C2=C(CCCC2)C1c1ccc(Cl)c(Cl)c1. The van der Waals surface area contributed by atoms with E-state index in [1.165, 1.54) is 12.1 Å². The average molecular weight is 475 g/mol. The van der Waals surface area contributed by atoms with Gasteiger partial charge in [0.1, 0.15) is 5.82 Å². The van der Waals surface area contributed by atoms with Gasteiger partial charge in [-0.15, -0.1) is 0 Å². The monoisotopic (exact) mass is 474 g/mol. The Hall–Kier alpha value is -2.50. The summed E-state index contributed by atoms with van der Waals surface area (Å²) in [4.78, 5) is 1.87. The Morgan fingerprint density at radius 3 is 2.32 bits per heavy atom. The number of rotatable bonds is 3. The highest BCUT2D eigenvalue weighted by Crippen LogP contribution is 2.48. The van der Waals surface area contributed by atoms with Crippen molar-refractivity contribution in [3.05, 3.63) is 80.7 Å². The zero-order valence-corrected chi connectivity index (χ0v) is 18.8. The maximum absolute atomic E-state index is 11.6. The summed E-state index contributed by atoms with van der Waals surface area (Å²) in [5.41, 5.74) is 10.7. The number of sulfonamides is 1. The summed E-state index contributed by atoms with van der Waals surface area (Å²) in [6.45, 7) is 0. The predicted octanol–water partition coefficient (Wildman–Crippen LogP) is 4.77. The average Bonchev–Trinajstić information content (AvgIpc) is 2.74. The number of nitrogens with zero attached hydrogens (tertiary/aromatic N) is 2. The minimum Gasteiger partial charge on any atom is -0.384 e. The molecule has 9 heteroatoms. The molecule has 0 radical (unpaired) electrons. The second kappa shape index (κ2) is 8.21. The number of benzene rings is 2. The van der Waals surface area contributed by atoms with E-state index in [1.807, 2.05) is 11.0 Å². The highest BCUT2D eigenvalue weighted by molar-refractivity contribution is 7.89. The van der Waals surface area contributed by atoms with Gasteiger partial charge in [0.15, 0.2) is 0 Å². The van der Waals surface area contributed by atoms with E-state index in [2.05, 4.69) is 6.07 Å². The molecule has 6 nitrogen and oxygen atoms in total. The molecule has 1 atom stereocenters. The van der Waals surface area contributed by atoms with Gasteiger partial charge < -0.3 is 10.6 Å². The van der Waals surface area contributed by atoms with E-state index in [4.69, 9.17) is 34.1 Å². The fraction of sp³-hybridized carbons (Fsp3) is 0.227. The zero-order chi connectivity index (χ0) is 22.3. The summed E-state index contributed by atoms with van der Waals surface area (Å²) in [6, 6.07) is 13.9. The van der Waals surface area contributed by atoms with Crippen LogP contribution in [0.25, 0.3) is 0 Å². The summed E-state index contributed by atoms with van der Waals surface area (Å²) in [5, 5.41) is 16.1. The smallest absolute Gasteiger partial charge is 0.238 e. The number of anilines is 1. The molecule has 0 aromatic heterocycles. The number of hydrogen-bond donors (Lipinski definition) is 2. The van der Waals surface area contributed by atoms with E-state index in [0.717, 1.165) is 42.5 Å². The minimum absolute atomic E-state index is 0.0165. The van der Waals surface area contributed by atoms with Crippen molar-refractivity contribution in [2.75, 3.05) is 4.90 Å². The van der Waals surface area contributed by atoms with Gasteiger partial charge in [-0.1, -0.05) is 29.3 Å². The van der Waals surface area contributed by atoms with Crippen molar-refractivity contribution in [3.8, 4) is 6.07 Å². The summed E-state index contributed by atoms with van der Waals surface area (Å²) in [6.07, 6.45) is 3.62. The van der Waals surface area contributed by atoms with E-state index >= 15 is 0 Å². The normalized spacial score (nSPS) is 19.3. The summed E-state index contributed by atoms with van der Waals surface area (Å²) >= 11 is 12.4. The van der Waals surface area contributed by atoms with Gasteiger partial charge in [0.2, 0.25) is 10.0 Å². The highest BCUT2D eigenvalue weighted by Gasteiger charge is 2.36. The first-order valence-electron chi connectivity index (χ1n) is 9.72. The second-order valence-electron chi connectivity index (χ2n) is 7.57. The topological polar surface area (TPSA) is 113 Å². The van der Waals surface area contributed by atoms with Crippen LogP contribution in [0.5, 0.6) is 0 Å². The molecule has 2 aliphatic rings. The molecule has 160 valence electrons. The van der Waals surface area contributed by atoms with Crippen LogP contribution in [0.4, 0.5) is 5.69 Å². The first-order valence-corrected chi connectivity index (χ1v) is 12.0. The van der Waals surface area contributed by atoms with Gasteiger partial charge in [0, 0.05) is 17.3 Å². The highest BCUT2D eigenvalue weighted by atomic mass is 35.5. The van der Waals surface area contributed by atoms with Gasteiger partial charge in [-0.25, -0.2) is 13.6 Å². The third kappa shape index (κ3) is 3.92. The molecule has 4 rings (SSSR count). The molecule has 0 bridgehead atoms. The molecule has 2 aromatic rings. The third-order valence-electron chi connectivity index (χ3n) is 5.73. The van der Waals surface area contributed by atoms with Crippen LogP contribution in [0.2, 0.25) is 10.0 Å². The lowest BCUT2D eigenvalue weighted by Crippen LogP contribution is -2.36. The van der Waals surface area contributed by atoms with Gasteiger partial charge in [0.05, 0.1) is 26.6 Å². The van der Waals surface area contributed by atoms with E-state index in [1.54, 1.807) is 24.3 Å². The van der Waals surface area contributed by atoms with Crippen molar-refractivity contribution in [2.24, 2.45) is 10.9 Å². The first kappa shape index (κ1) is 21.7. The lowest BCUT2D eigenvalue weighted by atomic mass is 9.76. The number of hydrogen-bond acceptors (Lipinski definition) is 5. The van der Waals surface area contributed by atoms with Gasteiger partial charge >= 0.3 is 0 Å². The molecule has 1 aliphatic carbocycles. The van der Waals surface area contributed by atoms with Crippen LogP contribution >= 0.6 is 23.2 Å². The Bertz CT molecular complexity index is 1260. The number of nitrogens with two attached hydrogens (primary N) is 2. The minimum atomic E-state index is -3.80. The summed E-state index contributed by atoms with van der Waals surface area (Å²) in [7, 11) is -3.80. The van der Waals surface area contributed by atoms with Crippen molar-refractivity contribution in [1.82, 2.24) is 0 Å². The van der Waals surface area contributed by atoms with E-state index in [-0.39, 0.29) is 10.8 Å². The number of allylic oxidation sites excluding steroid dienone is 3. The molecule has 0 spiro atoms. The molecule has 0 fully saturated rings. The maximum Gasteiger partial charge on any atom is 0.238 e. The molecular weight excluding hydrogens is 455 g/mol. The molecule has 0 saturated heterocycles. The Morgan fingerprint density at radius 2 is 1.71 bits per heavy atom. The largest absolute Gasteiger partial charge is 0.384 e. The maximum atomic E-state index is 11.6.